The van der Waals surface area contributed by atoms with Crippen molar-refractivity contribution in [1.29, 1.82) is 0 Å². The Labute approximate surface area is 118 Å². The van der Waals surface area contributed by atoms with Gasteiger partial charge in [0.2, 0.25) is 0 Å². The molecule has 1 aromatic rings. The topological polar surface area (TPSA) is 69.6 Å². The first-order valence-electron chi connectivity index (χ1n) is 7.03. The Morgan fingerprint density at radius 3 is 2.75 bits per heavy atom. The van der Waals surface area contributed by atoms with Gasteiger partial charge in [-0.3, -0.25) is 4.79 Å². The van der Waals surface area contributed by atoms with Crippen molar-refractivity contribution < 1.29 is 9.90 Å². The first-order chi connectivity index (χ1) is 9.56. The molecule has 2 fully saturated rings. The van der Waals surface area contributed by atoms with Crippen LogP contribution < -0.4 is 0 Å². The van der Waals surface area contributed by atoms with Crippen molar-refractivity contribution in [2.75, 3.05) is 27.2 Å². The lowest BCUT2D eigenvalue weighted by Gasteiger charge is -2.21. The SMILES string of the molecule is CN(C)[C@H]1CN(C(=O)c2ccnc(C3CC3)n2)C[C@@H]1O. The van der Waals surface area contributed by atoms with Gasteiger partial charge in [-0.2, -0.15) is 0 Å². The van der Waals surface area contributed by atoms with Gasteiger partial charge in [-0.15, -0.1) is 0 Å². The molecule has 0 bridgehead atoms. The summed E-state index contributed by atoms with van der Waals surface area (Å²) in [6.07, 6.45) is 3.38. The summed E-state index contributed by atoms with van der Waals surface area (Å²) in [5, 5.41) is 10.0. The molecule has 108 valence electrons. The first kappa shape index (κ1) is 13.5. The van der Waals surface area contributed by atoms with Gasteiger partial charge in [-0.1, -0.05) is 0 Å². The molecule has 20 heavy (non-hydrogen) atoms. The lowest BCUT2D eigenvalue weighted by atomic mass is 10.2. The van der Waals surface area contributed by atoms with Gasteiger partial charge in [0.1, 0.15) is 11.5 Å². The minimum atomic E-state index is -0.501. The smallest absolute Gasteiger partial charge is 0.272 e. The van der Waals surface area contributed by atoms with Crippen LogP contribution in [0.15, 0.2) is 12.3 Å². The Morgan fingerprint density at radius 1 is 1.40 bits per heavy atom. The van der Waals surface area contributed by atoms with E-state index < -0.39 is 6.10 Å². The monoisotopic (exact) mass is 276 g/mol. The quantitative estimate of drug-likeness (QED) is 0.848. The third kappa shape index (κ3) is 2.53. The van der Waals surface area contributed by atoms with Crippen LogP contribution in [0.2, 0.25) is 0 Å². The van der Waals surface area contributed by atoms with E-state index in [-0.39, 0.29) is 11.9 Å². The molecule has 1 saturated carbocycles. The number of carbonyl (C=O) groups excluding carboxylic acids is 1. The number of rotatable bonds is 3. The normalized spacial score (nSPS) is 26.3. The zero-order valence-corrected chi connectivity index (χ0v) is 11.9. The molecule has 1 aromatic heterocycles. The van der Waals surface area contributed by atoms with Crippen molar-refractivity contribution in [3.8, 4) is 0 Å². The highest BCUT2D eigenvalue weighted by molar-refractivity contribution is 5.92. The number of hydrogen-bond donors (Lipinski definition) is 1. The molecule has 0 spiro atoms. The highest BCUT2D eigenvalue weighted by Gasteiger charge is 2.36. The average molecular weight is 276 g/mol. The summed E-state index contributed by atoms with van der Waals surface area (Å²) in [5.41, 5.74) is 0.438. The molecule has 2 aliphatic rings. The maximum absolute atomic E-state index is 12.5. The van der Waals surface area contributed by atoms with Gasteiger partial charge in [-0.05, 0) is 33.0 Å². The minimum Gasteiger partial charge on any atom is -0.390 e. The van der Waals surface area contributed by atoms with E-state index in [4.69, 9.17) is 0 Å². The number of likely N-dealkylation sites (tertiary alicyclic amines) is 1. The number of carbonyl (C=O) groups is 1. The van der Waals surface area contributed by atoms with Crippen LogP contribution in [-0.2, 0) is 0 Å². The van der Waals surface area contributed by atoms with Crippen molar-refractivity contribution in [2.45, 2.75) is 30.9 Å². The van der Waals surface area contributed by atoms with Crippen LogP contribution in [0.5, 0.6) is 0 Å². The van der Waals surface area contributed by atoms with Crippen molar-refractivity contribution in [3.63, 3.8) is 0 Å². The van der Waals surface area contributed by atoms with Crippen molar-refractivity contribution in [3.05, 3.63) is 23.8 Å². The molecule has 6 heteroatoms. The van der Waals surface area contributed by atoms with Gasteiger partial charge in [-0.25, -0.2) is 9.97 Å². The van der Waals surface area contributed by atoms with E-state index in [1.165, 1.54) is 0 Å². The zero-order valence-electron chi connectivity index (χ0n) is 11.9. The molecule has 1 saturated heterocycles. The van der Waals surface area contributed by atoms with Gasteiger partial charge in [0, 0.05) is 25.2 Å². The zero-order chi connectivity index (χ0) is 14.3. The number of hydrogen-bond acceptors (Lipinski definition) is 5. The Hall–Kier alpha value is -1.53. The summed E-state index contributed by atoms with van der Waals surface area (Å²) in [4.78, 5) is 24.7. The molecular formula is C14H20N4O2. The summed E-state index contributed by atoms with van der Waals surface area (Å²) >= 11 is 0. The Kier molecular flexibility index (Phi) is 3.43. The molecule has 0 radical (unpaired) electrons. The molecule has 3 rings (SSSR count). The molecule has 1 aliphatic heterocycles. The van der Waals surface area contributed by atoms with Gasteiger partial charge in [0.15, 0.2) is 0 Å². The lowest BCUT2D eigenvalue weighted by Crippen LogP contribution is -2.38. The van der Waals surface area contributed by atoms with Gasteiger partial charge < -0.3 is 14.9 Å². The lowest BCUT2D eigenvalue weighted by molar-refractivity contribution is 0.0758. The second-order valence-electron chi connectivity index (χ2n) is 5.88. The summed E-state index contributed by atoms with van der Waals surface area (Å²) in [5.74, 6) is 1.10. The molecule has 2 atom stereocenters. The van der Waals surface area contributed by atoms with Crippen LogP contribution in [0.25, 0.3) is 0 Å². The molecule has 0 aromatic carbocycles. The van der Waals surface area contributed by atoms with Gasteiger partial charge in [0.25, 0.3) is 5.91 Å². The molecule has 0 unspecified atom stereocenters. The maximum atomic E-state index is 12.5. The Bertz CT molecular complexity index is 516. The standard InChI is InChI=1S/C14H20N4O2/c1-17(2)11-7-18(8-12(11)19)14(20)10-5-6-15-13(16-10)9-3-4-9/h5-6,9,11-12,19H,3-4,7-8H2,1-2H3/t11-,12-/m0/s1. The number of β-amino-alcohol motifs (C(OH)–C–C–N with tert-alkyl or cyclic N) is 1. The summed E-state index contributed by atoms with van der Waals surface area (Å²) in [7, 11) is 3.83. The molecule has 1 aliphatic carbocycles. The molecule has 1 N–H and O–H groups in total. The van der Waals surface area contributed by atoms with Crippen molar-refractivity contribution in [1.82, 2.24) is 19.8 Å². The van der Waals surface area contributed by atoms with Crippen LogP contribution in [0, 0.1) is 0 Å². The fraction of sp³-hybridized carbons (Fsp3) is 0.643. The third-order valence-electron chi connectivity index (χ3n) is 4.05. The number of aromatic nitrogens is 2. The maximum Gasteiger partial charge on any atom is 0.272 e. The average Bonchev–Trinajstić information content (AvgIpc) is 3.21. The largest absolute Gasteiger partial charge is 0.390 e. The van der Waals surface area contributed by atoms with Crippen molar-refractivity contribution >= 4 is 5.91 Å². The summed E-state index contributed by atoms with van der Waals surface area (Å²) in [6.45, 7) is 0.903. The van der Waals surface area contributed by atoms with E-state index in [1.54, 1.807) is 17.2 Å². The minimum absolute atomic E-state index is 0.0105. The van der Waals surface area contributed by atoms with Crippen LogP contribution >= 0.6 is 0 Å². The van der Waals surface area contributed by atoms with E-state index in [1.807, 2.05) is 19.0 Å². The fourth-order valence-electron chi connectivity index (χ4n) is 2.64. The summed E-state index contributed by atoms with van der Waals surface area (Å²) in [6, 6.07) is 1.65. The number of amides is 1. The predicted octanol–water partition coefficient (Wildman–Crippen LogP) is 0.101. The van der Waals surface area contributed by atoms with Gasteiger partial charge >= 0.3 is 0 Å². The van der Waals surface area contributed by atoms with Crippen LogP contribution in [-0.4, -0.2) is 70.1 Å². The Morgan fingerprint density at radius 2 is 2.15 bits per heavy atom. The molecular weight excluding hydrogens is 256 g/mol. The second-order valence-corrected chi connectivity index (χ2v) is 5.88. The predicted molar refractivity (Wildman–Crippen MR) is 73.4 cm³/mol. The summed E-state index contributed by atoms with van der Waals surface area (Å²) < 4.78 is 0. The van der Waals surface area contributed by atoms with Crippen LogP contribution in [0.1, 0.15) is 35.1 Å². The van der Waals surface area contributed by atoms with E-state index >= 15 is 0 Å². The molecule has 6 nitrogen and oxygen atoms in total. The number of aliphatic hydroxyl groups is 1. The fourth-order valence-corrected chi connectivity index (χ4v) is 2.64. The van der Waals surface area contributed by atoms with E-state index in [2.05, 4.69) is 9.97 Å². The number of nitrogens with zero attached hydrogens (tertiary/aromatic N) is 4. The number of likely N-dealkylation sites (N-methyl/N-ethyl adjacent to an activating group) is 1. The van der Waals surface area contributed by atoms with E-state index in [0.29, 0.717) is 24.7 Å². The van der Waals surface area contributed by atoms with Crippen molar-refractivity contribution in [2.24, 2.45) is 0 Å². The molecule has 1 amide bonds. The molecule has 2 heterocycles. The highest BCUT2D eigenvalue weighted by atomic mass is 16.3. The van der Waals surface area contributed by atoms with Crippen LogP contribution in [0.4, 0.5) is 0 Å². The first-order valence-corrected chi connectivity index (χ1v) is 7.03. The Balaban J connectivity index is 1.74. The second kappa shape index (κ2) is 5.10. The van der Waals surface area contributed by atoms with E-state index in [0.717, 1.165) is 18.7 Å². The van der Waals surface area contributed by atoms with Gasteiger partial charge in [0.05, 0.1) is 12.1 Å². The third-order valence-corrected chi connectivity index (χ3v) is 4.05. The number of aliphatic hydroxyl groups excluding tert-OH is 1. The highest BCUT2D eigenvalue weighted by Crippen LogP contribution is 2.37. The van der Waals surface area contributed by atoms with E-state index in [9.17, 15) is 9.90 Å². The van der Waals surface area contributed by atoms with Crippen LogP contribution in [0.3, 0.4) is 0 Å².